The Bertz CT molecular complexity index is 605. The standard InChI is InChI=1S/C16H21BrClN3/c17-13-4-5-15-14(12-13)19-16(6-7-18)21(15)11-10-20-8-2-1-3-9-20/h4-5,12H,1-3,6-11H2. The Hall–Kier alpha value is -0.580. The number of hydrogen-bond donors (Lipinski definition) is 0. The van der Waals surface area contributed by atoms with E-state index in [1.807, 2.05) is 0 Å². The number of imidazole rings is 1. The molecule has 3 rings (SSSR count). The van der Waals surface area contributed by atoms with Gasteiger partial charge >= 0.3 is 0 Å². The van der Waals surface area contributed by atoms with Gasteiger partial charge in [-0.05, 0) is 44.1 Å². The predicted octanol–water partition coefficient (Wildman–Crippen LogP) is 4.07. The van der Waals surface area contributed by atoms with E-state index in [4.69, 9.17) is 16.6 Å². The Morgan fingerprint density at radius 3 is 2.71 bits per heavy atom. The summed E-state index contributed by atoms with van der Waals surface area (Å²) in [6.07, 6.45) is 4.89. The highest BCUT2D eigenvalue weighted by Crippen LogP contribution is 2.22. The van der Waals surface area contributed by atoms with Crippen LogP contribution < -0.4 is 0 Å². The van der Waals surface area contributed by atoms with Gasteiger partial charge in [0, 0.05) is 29.9 Å². The van der Waals surface area contributed by atoms with Crippen LogP contribution in [0.3, 0.4) is 0 Å². The highest BCUT2D eigenvalue weighted by Gasteiger charge is 2.14. The summed E-state index contributed by atoms with van der Waals surface area (Å²) >= 11 is 9.47. The summed E-state index contributed by atoms with van der Waals surface area (Å²) in [5.41, 5.74) is 2.28. The highest BCUT2D eigenvalue weighted by atomic mass is 79.9. The number of piperidine rings is 1. The molecule has 21 heavy (non-hydrogen) atoms. The summed E-state index contributed by atoms with van der Waals surface area (Å²) < 4.78 is 3.42. The zero-order valence-corrected chi connectivity index (χ0v) is 14.5. The van der Waals surface area contributed by atoms with E-state index in [2.05, 4.69) is 43.6 Å². The van der Waals surface area contributed by atoms with Gasteiger partial charge in [-0.1, -0.05) is 22.4 Å². The topological polar surface area (TPSA) is 21.1 Å². The Kier molecular flexibility index (Phi) is 5.19. The summed E-state index contributed by atoms with van der Waals surface area (Å²) in [6.45, 7) is 4.59. The number of halogens is 2. The van der Waals surface area contributed by atoms with Crippen molar-refractivity contribution in [3.63, 3.8) is 0 Å². The number of hydrogen-bond acceptors (Lipinski definition) is 2. The van der Waals surface area contributed by atoms with Crippen LogP contribution in [0.1, 0.15) is 25.1 Å². The molecule has 5 heteroatoms. The second-order valence-electron chi connectivity index (χ2n) is 5.65. The molecule has 0 unspecified atom stereocenters. The van der Waals surface area contributed by atoms with Gasteiger partial charge in [0.25, 0.3) is 0 Å². The predicted molar refractivity (Wildman–Crippen MR) is 92.1 cm³/mol. The van der Waals surface area contributed by atoms with E-state index in [0.717, 1.165) is 35.3 Å². The van der Waals surface area contributed by atoms with E-state index in [0.29, 0.717) is 5.88 Å². The number of benzene rings is 1. The summed E-state index contributed by atoms with van der Waals surface area (Å²) in [5.74, 6) is 1.73. The molecule has 0 N–H and O–H groups in total. The number of nitrogens with zero attached hydrogens (tertiary/aromatic N) is 3. The monoisotopic (exact) mass is 369 g/mol. The van der Waals surface area contributed by atoms with Gasteiger partial charge in [-0.25, -0.2) is 4.98 Å². The number of fused-ring (bicyclic) bond motifs is 1. The molecule has 0 bridgehead atoms. The lowest BCUT2D eigenvalue weighted by molar-refractivity contribution is 0.221. The van der Waals surface area contributed by atoms with Crippen molar-refractivity contribution in [3.8, 4) is 0 Å². The molecular weight excluding hydrogens is 350 g/mol. The first-order chi connectivity index (χ1) is 10.3. The van der Waals surface area contributed by atoms with Gasteiger partial charge in [-0.15, -0.1) is 11.6 Å². The molecule has 0 spiro atoms. The van der Waals surface area contributed by atoms with Gasteiger partial charge in [-0.2, -0.15) is 0 Å². The number of rotatable bonds is 5. The van der Waals surface area contributed by atoms with Crippen LogP contribution in [0.2, 0.25) is 0 Å². The van der Waals surface area contributed by atoms with Gasteiger partial charge in [0.15, 0.2) is 0 Å². The van der Waals surface area contributed by atoms with Crippen LogP contribution in [0.15, 0.2) is 22.7 Å². The fourth-order valence-electron chi connectivity index (χ4n) is 3.10. The molecule has 0 amide bonds. The van der Waals surface area contributed by atoms with Crippen molar-refractivity contribution >= 4 is 38.6 Å². The van der Waals surface area contributed by atoms with Crippen LogP contribution in [0.4, 0.5) is 0 Å². The Morgan fingerprint density at radius 2 is 1.95 bits per heavy atom. The fraction of sp³-hybridized carbons (Fsp3) is 0.562. The lowest BCUT2D eigenvalue weighted by Gasteiger charge is -2.26. The Balaban J connectivity index is 1.82. The Labute approximate surface area is 139 Å². The highest BCUT2D eigenvalue weighted by molar-refractivity contribution is 9.10. The average Bonchev–Trinajstić information content (AvgIpc) is 2.83. The maximum absolute atomic E-state index is 5.94. The maximum atomic E-state index is 5.94. The summed E-state index contributed by atoms with van der Waals surface area (Å²) in [7, 11) is 0. The third kappa shape index (κ3) is 3.61. The van der Waals surface area contributed by atoms with E-state index in [1.54, 1.807) is 0 Å². The second-order valence-corrected chi connectivity index (χ2v) is 6.95. The molecule has 1 aromatic carbocycles. The summed E-state index contributed by atoms with van der Waals surface area (Å²) in [5, 5.41) is 0. The lowest BCUT2D eigenvalue weighted by atomic mass is 10.1. The molecule has 3 nitrogen and oxygen atoms in total. The summed E-state index contributed by atoms with van der Waals surface area (Å²) in [6, 6.07) is 6.33. The minimum Gasteiger partial charge on any atom is -0.327 e. The third-order valence-electron chi connectivity index (χ3n) is 4.20. The molecule has 114 valence electrons. The van der Waals surface area contributed by atoms with Crippen molar-refractivity contribution < 1.29 is 0 Å². The van der Waals surface area contributed by atoms with E-state index < -0.39 is 0 Å². The van der Waals surface area contributed by atoms with Crippen molar-refractivity contribution in [2.45, 2.75) is 32.2 Å². The minimum atomic E-state index is 0.619. The lowest BCUT2D eigenvalue weighted by Crippen LogP contribution is -2.32. The molecule has 2 heterocycles. The van der Waals surface area contributed by atoms with E-state index in [9.17, 15) is 0 Å². The zero-order chi connectivity index (χ0) is 14.7. The van der Waals surface area contributed by atoms with E-state index in [1.165, 1.54) is 37.9 Å². The number of likely N-dealkylation sites (tertiary alicyclic amines) is 1. The van der Waals surface area contributed by atoms with Crippen LogP contribution >= 0.6 is 27.5 Å². The average molecular weight is 371 g/mol. The molecule has 2 aromatic rings. The van der Waals surface area contributed by atoms with Crippen molar-refractivity contribution in [1.82, 2.24) is 14.5 Å². The largest absolute Gasteiger partial charge is 0.327 e. The molecule has 0 radical (unpaired) electrons. The molecule has 1 fully saturated rings. The number of aryl methyl sites for hydroxylation is 1. The number of aromatic nitrogens is 2. The van der Waals surface area contributed by atoms with Crippen LogP contribution in [0, 0.1) is 0 Å². The maximum Gasteiger partial charge on any atom is 0.111 e. The van der Waals surface area contributed by atoms with E-state index in [-0.39, 0.29) is 0 Å². The normalized spacial score (nSPS) is 16.7. The third-order valence-corrected chi connectivity index (χ3v) is 4.88. The van der Waals surface area contributed by atoms with Gasteiger partial charge in [0.2, 0.25) is 0 Å². The first kappa shape index (κ1) is 15.3. The number of alkyl halides is 1. The van der Waals surface area contributed by atoms with Crippen molar-refractivity contribution in [2.24, 2.45) is 0 Å². The van der Waals surface area contributed by atoms with Gasteiger partial charge < -0.3 is 9.47 Å². The molecule has 0 aliphatic carbocycles. The Morgan fingerprint density at radius 1 is 1.14 bits per heavy atom. The van der Waals surface area contributed by atoms with Crippen molar-refractivity contribution in [3.05, 3.63) is 28.5 Å². The molecule has 0 atom stereocenters. The van der Waals surface area contributed by atoms with Crippen LogP contribution in [0.5, 0.6) is 0 Å². The minimum absolute atomic E-state index is 0.619. The van der Waals surface area contributed by atoms with Crippen molar-refractivity contribution in [1.29, 1.82) is 0 Å². The first-order valence-electron chi connectivity index (χ1n) is 7.71. The molecule has 0 saturated carbocycles. The fourth-order valence-corrected chi connectivity index (χ4v) is 3.62. The molecule has 1 aliphatic heterocycles. The first-order valence-corrected chi connectivity index (χ1v) is 9.03. The SMILES string of the molecule is ClCCc1nc2cc(Br)ccc2n1CCN1CCCCC1. The smallest absolute Gasteiger partial charge is 0.111 e. The molecule has 1 saturated heterocycles. The van der Waals surface area contributed by atoms with Crippen LogP contribution in [-0.2, 0) is 13.0 Å². The second kappa shape index (κ2) is 7.12. The molecular formula is C16H21BrClN3. The molecule has 1 aliphatic rings. The quantitative estimate of drug-likeness (QED) is 0.740. The van der Waals surface area contributed by atoms with Gasteiger partial charge in [-0.3, -0.25) is 0 Å². The molecule has 1 aromatic heterocycles. The summed E-state index contributed by atoms with van der Waals surface area (Å²) in [4.78, 5) is 7.33. The zero-order valence-electron chi connectivity index (χ0n) is 12.2. The van der Waals surface area contributed by atoms with Crippen LogP contribution in [0.25, 0.3) is 11.0 Å². The van der Waals surface area contributed by atoms with Crippen LogP contribution in [-0.4, -0.2) is 40.0 Å². The van der Waals surface area contributed by atoms with Gasteiger partial charge in [0.05, 0.1) is 11.0 Å². The van der Waals surface area contributed by atoms with E-state index >= 15 is 0 Å². The van der Waals surface area contributed by atoms with Crippen molar-refractivity contribution in [2.75, 3.05) is 25.5 Å². The van der Waals surface area contributed by atoms with Gasteiger partial charge in [0.1, 0.15) is 5.82 Å².